The van der Waals surface area contributed by atoms with Crippen LogP contribution in [0.1, 0.15) is 6.92 Å². The number of amides is 2. The maximum Gasteiger partial charge on any atom is 0.242 e. The van der Waals surface area contributed by atoms with Crippen molar-refractivity contribution in [2.24, 2.45) is 5.92 Å². The smallest absolute Gasteiger partial charge is 0.242 e. The van der Waals surface area contributed by atoms with Crippen LogP contribution in [0.25, 0.3) is 0 Å². The molecule has 2 aliphatic rings. The highest BCUT2D eigenvalue weighted by atomic mass is 32.2. The second kappa shape index (κ2) is 6.53. The lowest BCUT2D eigenvalue weighted by Crippen LogP contribution is -2.45. The summed E-state index contributed by atoms with van der Waals surface area (Å²) < 4.78 is 0. The van der Waals surface area contributed by atoms with Crippen LogP contribution in [-0.2, 0) is 9.59 Å². The Balaban J connectivity index is 1.72. The molecule has 0 radical (unpaired) electrons. The van der Waals surface area contributed by atoms with Crippen molar-refractivity contribution in [3.05, 3.63) is 24.3 Å². The van der Waals surface area contributed by atoms with Crippen molar-refractivity contribution in [2.75, 3.05) is 44.4 Å². The van der Waals surface area contributed by atoms with Gasteiger partial charge in [-0.25, -0.2) is 0 Å². The van der Waals surface area contributed by atoms with E-state index in [2.05, 4.69) is 25.9 Å². The summed E-state index contributed by atoms with van der Waals surface area (Å²) in [6.45, 7) is 3.82. The number of thioether (sulfide) groups is 1. The fraction of sp³-hybridized carbons (Fsp3) is 0.529. The maximum atomic E-state index is 12.7. The molecule has 1 fully saturated rings. The number of para-hydroxylation sites is 1. The Labute approximate surface area is 141 Å². The first kappa shape index (κ1) is 16.3. The third-order valence-electron chi connectivity index (χ3n) is 4.69. The summed E-state index contributed by atoms with van der Waals surface area (Å²) in [4.78, 5) is 31.7. The van der Waals surface area contributed by atoms with E-state index in [4.69, 9.17) is 0 Å². The van der Waals surface area contributed by atoms with Gasteiger partial charge in [-0.1, -0.05) is 19.1 Å². The number of carbonyl (C=O) groups excluding carboxylic acids is 2. The lowest BCUT2D eigenvalue weighted by molar-refractivity contribution is -0.130. The largest absolute Gasteiger partial charge is 0.339 e. The van der Waals surface area contributed by atoms with Gasteiger partial charge in [0.1, 0.15) is 6.54 Å². The van der Waals surface area contributed by atoms with E-state index < -0.39 is 0 Å². The molecule has 5 nitrogen and oxygen atoms in total. The van der Waals surface area contributed by atoms with Gasteiger partial charge in [0.25, 0.3) is 0 Å². The van der Waals surface area contributed by atoms with E-state index in [1.54, 1.807) is 16.7 Å². The van der Waals surface area contributed by atoms with Crippen LogP contribution >= 0.6 is 11.8 Å². The Bertz CT molecular complexity index is 620. The number of benzene rings is 1. The molecule has 1 aromatic carbocycles. The Morgan fingerprint density at radius 3 is 2.74 bits per heavy atom. The molecule has 1 aromatic rings. The molecule has 23 heavy (non-hydrogen) atoms. The SMILES string of the molecule is C[C@H]1CN(C(=O)CN2C(=O)CSc3ccccc32)C[C@@H]1N(C)C. The third kappa shape index (κ3) is 3.23. The Hall–Kier alpha value is -1.53. The first-order chi connectivity index (χ1) is 11.0. The molecule has 0 aromatic heterocycles. The zero-order valence-corrected chi connectivity index (χ0v) is 14.7. The molecule has 2 aliphatic heterocycles. The number of anilines is 1. The van der Waals surface area contributed by atoms with Crippen molar-refractivity contribution in [3.63, 3.8) is 0 Å². The maximum absolute atomic E-state index is 12.7. The van der Waals surface area contributed by atoms with Gasteiger partial charge in [0.05, 0.1) is 11.4 Å². The predicted molar refractivity (Wildman–Crippen MR) is 92.7 cm³/mol. The van der Waals surface area contributed by atoms with Crippen LogP contribution in [0.15, 0.2) is 29.2 Å². The Kier molecular flexibility index (Phi) is 4.64. The summed E-state index contributed by atoms with van der Waals surface area (Å²) >= 11 is 1.54. The van der Waals surface area contributed by atoms with Gasteiger partial charge in [0, 0.05) is 24.0 Å². The fourth-order valence-electron chi connectivity index (χ4n) is 3.39. The molecular formula is C17H23N3O2S. The molecular weight excluding hydrogens is 310 g/mol. The van der Waals surface area contributed by atoms with E-state index in [9.17, 15) is 9.59 Å². The molecule has 124 valence electrons. The highest BCUT2D eigenvalue weighted by Crippen LogP contribution is 2.35. The number of rotatable bonds is 3. The van der Waals surface area contributed by atoms with Gasteiger partial charge in [0.15, 0.2) is 0 Å². The number of carbonyl (C=O) groups is 2. The van der Waals surface area contributed by atoms with Crippen molar-refractivity contribution in [3.8, 4) is 0 Å². The highest BCUT2D eigenvalue weighted by Gasteiger charge is 2.35. The van der Waals surface area contributed by atoms with E-state index in [1.165, 1.54) is 0 Å². The number of fused-ring (bicyclic) bond motifs is 1. The number of nitrogens with zero attached hydrogens (tertiary/aromatic N) is 3. The molecule has 0 aliphatic carbocycles. The van der Waals surface area contributed by atoms with Crippen LogP contribution < -0.4 is 4.90 Å². The zero-order valence-electron chi connectivity index (χ0n) is 13.9. The molecule has 0 bridgehead atoms. The first-order valence-electron chi connectivity index (χ1n) is 7.93. The summed E-state index contributed by atoms with van der Waals surface area (Å²) in [6, 6.07) is 8.19. The quantitative estimate of drug-likeness (QED) is 0.841. The monoisotopic (exact) mass is 333 g/mol. The molecule has 3 rings (SSSR count). The molecule has 2 amide bonds. The van der Waals surface area contributed by atoms with Crippen molar-refractivity contribution in [2.45, 2.75) is 17.9 Å². The molecule has 2 heterocycles. The van der Waals surface area contributed by atoms with Crippen LogP contribution in [0.3, 0.4) is 0 Å². The molecule has 6 heteroatoms. The molecule has 1 saturated heterocycles. The van der Waals surface area contributed by atoms with Gasteiger partial charge in [-0.2, -0.15) is 0 Å². The van der Waals surface area contributed by atoms with Crippen molar-refractivity contribution in [1.29, 1.82) is 0 Å². The van der Waals surface area contributed by atoms with Crippen LogP contribution in [0, 0.1) is 5.92 Å². The minimum Gasteiger partial charge on any atom is -0.339 e. The van der Waals surface area contributed by atoms with Crippen molar-refractivity contribution in [1.82, 2.24) is 9.80 Å². The number of hydrogen-bond acceptors (Lipinski definition) is 4. The van der Waals surface area contributed by atoms with Gasteiger partial charge in [-0.15, -0.1) is 11.8 Å². The van der Waals surface area contributed by atoms with Gasteiger partial charge < -0.3 is 14.7 Å². The Morgan fingerprint density at radius 1 is 1.30 bits per heavy atom. The van der Waals surface area contributed by atoms with Gasteiger partial charge >= 0.3 is 0 Å². The lowest BCUT2D eigenvalue weighted by atomic mass is 10.1. The minimum atomic E-state index is 0.0125. The first-order valence-corrected chi connectivity index (χ1v) is 8.92. The van der Waals surface area contributed by atoms with Crippen LogP contribution in [0.2, 0.25) is 0 Å². The number of likely N-dealkylation sites (tertiary alicyclic amines) is 1. The second-order valence-electron chi connectivity index (χ2n) is 6.54. The molecule has 0 N–H and O–H groups in total. The van der Waals surface area contributed by atoms with Crippen LogP contribution in [0.5, 0.6) is 0 Å². The summed E-state index contributed by atoms with van der Waals surface area (Å²) in [5.74, 6) is 0.907. The predicted octanol–water partition coefficient (Wildman–Crippen LogP) is 1.53. The fourth-order valence-corrected chi connectivity index (χ4v) is 4.32. The number of hydrogen-bond donors (Lipinski definition) is 0. The minimum absolute atomic E-state index is 0.0125. The molecule has 2 atom stereocenters. The van der Waals surface area contributed by atoms with E-state index in [-0.39, 0.29) is 18.4 Å². The van der Waals surface area contributed by atoms with E-state index in [1.807, 2.05) is 29.2 Å². The molecule has 0 spiro atoms. The van der Waals surface area contributed by atoms with Crippen LogP contribution in [-0.4, -0.2) is 67.1 Å². The summed E-state index contributed by atoms with van der Waals surface area (Å²) in [5, 5.41) is 0. The van der Waals surface area contributed by atoms with Gasteiger partial charge in [-0.05, 0) is 32.1 Å². The van der Waals surface area contributed by atoms with Gasteiger partial charge in [0.2, 0.25) is 11.8 Å². The second-order valence-corrected chi connectivity index (χ2v) is 7.56. The van der Waals surface area contributed by atoms with E-state index in [0.717, 1.165) is 23.7 Å². The summed E-state index contributed by atoms with van der Waals surface area (Å²) in [6.07, 6.45) is 0. The topological polar surface area (TPSA) is 43.9 Å². The van der Waals surface area contributed by atoms with Gasteiger partial charge in [-0.3, -0.25) is 9.59 Å². The summed E-state index contributed by atoms with van der Waals surface area (Å²) in [5.41, 5.74) is 0.860. The average Bonchev–Trinajstić information content (AvgIpc) is 2.92. The lowest BCUT2D eigenvalue weighted by Gasteiger charge is -2.30. The van der Waals surface area contributed by atoms with E-state index >= 15 is 0 Å². The van der Waals surface area contributed by atoms with Crippen molar-refractivity contribution >= 4 is 29.3 Å². The highest BCUT2D eigenvalue weighted by molar-refractivity contribution is 8.00. The molecule has 0 saturated carbocycles. The van der Waals surface area contributed by atoms with Crippen molar-refractivity contribution < 1.29 is 9.59 Å². The number of likely N-dealkylation sites (N-methyl/N-ethyl adjacent to an activating group) is 1. The molecule has 0 unspecified atom stereocenters. The third-order valence-corrected chi connectivity index (χ3v) is 5.74. The average molecular weight is 333 g/mol. The van der Waals surface area contributed by atoms with E-state index in [0.29, 0.717) is 17.7 Å². The Morgan fingerprint density at radius 2 is 2.04 bits per heavy atom. The zero-order chi connectivity index (χ0) is 16.6. The summed E-state index contributed by atoms with van der Waals surface area (Å²) in [7, 11) is 4.10. The van der Waals surface area contributed by atoms with Crippen LogP contribution in [0.4, 0.5) is 5.69 Å². The standard InChI is InChI=1S/C17H23N3O2S/c1-12-8-19(9-14(12)18(2)3)16(21)10-20-13-6-4-5-7-15(13)23-11-17(20)22/h4-7,12,14H,8-11H2,1-3H3/t12-,14-/m0/s1. The normalized spacial score (nSPS) is 24.3.